The zero-order valence-corrected chi connectivity index (χ0v) is 17.7. The summed E-state index contributed by atoms with van der Waals surface area (Å²) in [5, 5.41) is 0. The van der Waals surface area contributed by atoms with Gasteiger partial charge in [0.1, 0.15) is 18.1 Å². The molecule has 162 valence electrons. The van der Waals surface area contributed by atoms with Gasteiger partial charge in [0.15, 0.2) is 11.7 Å². The molecule has 0 radical (unpaired) electrons. The van der Waals surface area contributed by atoms with E-state index in [-0.39, 0.29) is 41.7 Å². The molecule has 1 aromatic carbocycles. The number of ether oxygens (including phenoxy) is 1. The molecule has 1 amide bonds. The second-order valence-corrected chi connectivity index (χ2v) is 7.77. The molecule has 3 rings (SSSR count). The van der Waals surface area contributed by atoms with Crippen LogP contribution in [0.5, 0.6) is 5.88 Å². The largest absolute Gasteiger partial charge is 0.472 e. The second-order valence-electron chi connectivity index (χ2n) is 7.77. The van der Waals surface area contributed by atoms with Crippen LogP contribution in [0.1, 0.15) is 41.9 Å². The maximum absolute atomic E-state index is 14.6. The first kappa shape index (κ1) is 22.1. The fourth-order valence-electron chi connectivity index (χ4n) is 3.17. The SMILES string of the molecule is C=C(C)COc1cnc(C(=O)Cc2ccc(F)c(C3(C)CC(=O)N(C)C(N)=N3)c2)cn1. The van der Waals surface area contributed by atoms with Gasteiger partial charge in [-0.2, -0.15) is 0 Å². The van der Waals surface area contributed by atoms with Gasteiger partial charge in [-0.15, -0.1) is 0 Å². The summed E-state index contributed by atoms with van der Waals surface area (Å²) in [6.45, 7) is 7.51. The van der Waals surface area contributed by atoms with Crippen LogP contribution >= 0.6 is 0 Å². The number of guanidine groups is 1. The molecular formula is C22H24FN5O3. The van der Waals surface area contributed by atoms with E-state index in [1.165, 1.54) is 36.5 Å². The highest BCUT2D eigenvalue weighted by molar-refractivity contribution is 5.99. The Morgan fingerprint density at radius 2 is 2.10 bits per heavy atom. The summed E-state index contributed by atoms with van der Waals surface area (Å²) < 4.78 is 20.0. The third kappa shape index (κ3) is 4.93. The highest BCUT2D eigenvalue weighted by Crippen LogP contribution is 2.35. The molecule has 1 aliphatic rings. The monoisotopic (exact) mass is 425 g/mol. The molecule has 0 saturated heterocycles. The lowest BCUT2D eigenvalue weighted by Crippen LogP contribution is -2.47. The van der Waals surface area contributed by atoms with Crippen molar-refractivity contribution < 1.29 is 18.7 Å². The Labute approximate surface area is 179 Å². The number of carbonyl (C=O) groups is 2. The van der Waals surface area contributed by atoms with Crippen LogP contribution in [0.3, 0.4) is 0 Å². The van der Waals surface area contributed by atoms with Crippen LogP contribution in [-0.2, 0) is 16.8 Å². The van der Waals surface area contributed by atoms with Gasteiger partial charge >= 0.3 is 0 Å². The van der Waals surface area contributed by atoms with Crippen molar-refractivity contribution in [3.63, 3.8) is 0 Å². The first-order valence-electron chi connectivity index (χ1n) is 9.62. The first-order valence-corrected chi connectivity index (χ1v) is 9.62. The molecule has 0 aliphatic carbocycles. The van der Waals surface area contributed by atoms with Gasteiger partial charge in [-0.3, -0.25) is 14.5 Å². The van der Waals surface area contributed by atoms with Crippen molar-refractivity contribution in [2.24, 2.45) is 10.7 Å². The Morgan fingerprint density at radius 1 is 1.35 bits per heavy atom. The van der Waals surface area contributed by atoms with Crippen molar-refractivity contribution in [1.29, 1.82) is 0 Å². The molecule has 2 aromatic rings. The summed E-state index contributed by atoms with van der Waals surface area (Å²) in [6.07, 6.45) is 2.66. The fourth-order valence-corrected chi connectivity index (χ4v) is 3.17. The van der Waals surface area contributed by atoms with E-state index in [0.717, 1.165) is 5.57 Å². The molecule has 0 saturated carbocycles. The standard InChI is InChI=1S/C22H24FN5O3/c1-13(2)12-31-19-11-25-17(10-26-19)18(29)8-14-5-6-16(23)15(7-14)22(3)9-20(30)28(4)21(24)27-22/h5-7,10-11H,1,8-9,12H2,2-4H3,(H2,24,27). The van der Waals surface area contributed by atoms with Crippen LogP contribution in [0, 0.1) is 5.82 Å². The van der Waals surface area contributed by atoms with Gasteiger partial charge in [0.05, 0.1) is 24.4 Å². The Hall–Kier alpha value is -3.62. The quantitative estimate of drug-likeness (QED) is 0.539. The molecular weight excluding hydrogens is 401 g/mol. The second kappa shape index (κ2) is 8.63. The number of benzene rings is 1. The van der Waals surface area contributed by atoms with Gasteiger partial charge in [-0.05, 0) is 37.1 Å². The number of aromatic nitrogens is 2. The number of aliphatic imine (C=N–C) groups is 1. The van der Waals surface area contributed by atoms with E-state index in [2.05, 4.69) is 21.5 Å². The number of ketones is 1. The van der Waals surface area contributed by atoms with Crippen LogP contribution in [0.4, 0.5) is 4.39 Å². The van der Waals surface area contributed by atoms with Gasteiger partial charge in [0, 0.05) is 19.0 Å². The van der Waals surface area contributed by atoms with Gasteiger partial charge in [0.2, 0.25) is 11.8 Å². The van der Waals surface area contributed by atoms with Crippen molar-refractivity contribution >= 4 is 17.6 Å². The smallest absolute Gasteiger partial charge is 0.232 e. The van der Waals surface area contributed by atoms with Crippen LogP contribution < -0.4 is 10.5 Å². The molecule has 1 unspecified atom stereocenters. The van der Waals surface area contributed by atoms with Gasteiger partial charge in [-0.1, -0.05) is 12.6 Å². The van der Waals surface area contributed by atoms with E-state index in [1.807, 2.05) is 6.92 Å². The average molecular weight is 425 g/mol. The minimum absolute atomic E-state index is 0.0168. The lowest BCUT2D eigenvalue weighted by Gasteiger charge is -2.34. The van der Waals surface area contributed by atoms with Crippen LogP contribution in [0.25, 0.3) is 0 Å². The van der Waals surface area contributed by atoms with Crippen molar-refractivity contribution in [3.8, 4) is 5.88 Å². The number of halogens is 1. The van der Waals surface area contributed by atoms with Crippen LogP contribution in [0.2, 0.25) is 0 Å². The van der Waals surface area contributed by atoms with E-state index in [1.54, 1.807) is 13.0 Å². The van der Waals surface area contributed by atoms with E-state index >= 15 is 0 Å². The first-order chi connectivity index (χ1) is 14.6. The molecule has 1 aromatic heterocycles. The summed E-state index contributed by atoms with van der Waals surface area (Å²) in [4.78, 5) is 38.6. The molecule has 2 heterocycles. The van der Waals surface area contributed by atoms with Crippen molar-refractivity contribution in [3.05, 3.63) is 65.4 Å². The molecule has 0 spiro atoms. The Bertz CT molecular complexity index is 1070. The molecule has 31 heavy (non-hydrogen) atoms. The maximum Gasteiger partial charge on any atom is 0.232 e. The number of carbonyl (C=O) groups excluding carboxylic acids is 2. The Balaban J connectivity index is 1.80. The predicted molar refractivity (Wildman–Crippen MR) is 113 cm³/mol. The average Bonchev–Trinajstić information content (AvgIpc) is 2.72. The van der Waals surface area contributed by atoms with Crippen molar-refractivity contribution in [1.82, 2.24) is 14.9 Å². The van der Waals surface area contributed by atoms with E-state index in [0.29, 0.717) is 18.1 Å². The number of nitrogens with zero attached hydrogens (tertiary/aromatic N) is 4. The minimum atomic E-state index is -1.15. The number of rotatable bonds is 7. The van der Waals surface area contributed by atoms with E-state index in [4.69, 9.17) is 10.5 Å². The number of hydrogen-bond donors (Lipinski definition) is 1. The summed E-state index contributed by atoms with van der Waals surface area (Å²) in [5.41, 5.74) is 6.44. The summed E-state index contributed by atoms with van der Waals surface area (Å²) in [5.74, 6) is -0.765. The zero-order valence-electron chi connectivity index (χ0n) is 17.7. The third-order valence-corrected chi connectivity index (χ3v) is 4.93. The van der Waals surface area contributed by atoms with Crippen molar-refractivity contribution in [2.45, 2.75) is 32.2 Å². The fraction of sp³-hybridized carbons (Fsp3) is 0.318. The molecule has 2 N–H and O–H groups in total. The van der Waals surface area contributed by atoms with E-state index in [9.17, 15) is 14.0 Å². The van der Waals surface area contributed by atoms with Gasteiger partial charge in [0.25, 0.3) is 0 Å². The normalized spacial score (nSPS) is 18.5. The number of Topliss-reactive ketones (excluding diaryl/α,β-unsaturated/α-hetero) is 1. The number of amides is 1. The Morgan fingerprint density at radius 3 is 2.71 bits per heavy atom. The zero-order chi connectivity index (χ0) is 22.8. The van der Waals surface area contributed by atoms with Gasteiger partial charge < -0.3 is 10.5 Å². The third-order valence-electron chi connectivity index (χ3n) is 4.93. The molecule has 1 aliphatic heterocycles. The van der Waals surface area contributed by atoms with Crippen LogP contribution in [-0.4, -0.2) is 46.2 Å². The van der Waals surface area contributed by atoms with Gasteiger partial charge in [-0.25, -0.2) is 19.4 Å². The topological polar surface area (TPSA) is 111 Å². The Kier molecular flexibility index (Phi) is 6.14. The maximum atomic E-state index is 14.6. The van der Waals surface area contributed by atoms with E-state index < -0.39 is 11.4 Å². The molecule has 9 heteroatoms. The minimum Gasteiger partial charge on any atom is -0.472 e. The molecule has 0 fully saturated rings. The highest BCUT2D eigenvalue weighted by atomic mass is 19.1. The molecule has 8 nitrogen and oxygen atoms in total. The van der Waals surface area contributed by atoms with Crippen molar-refractivity contribution in [2.75, 3.05) is 13.7 Å². The lowest BCUT2D eigenvalue weighted by molar-refractivity contribution is -0.128. The predicted octanol–water partition coefficient (Wildman–Crippen LogP) is 2.39. The number of hydrogen-bond acceptors (Lipinski definition) is 7. The number of nitrogens with two attached hydrogens (primary N) is 1. The molecule has 1 atom stereocenters. The summed E-state index contributed by atoms with van der Waals surface area (Å²) in [6, 6.07) is 4.32. The van der Waals surface area contributed by atoms with Crippen LogP contribution in [0.15, 0.2) is 47.7 Å². The summed E-state index contributed by atoms with van der Waals surface area (Å²) >= 11 is 0. The summed E-state index contributed by atoms with van der Waals surface area (Å²) in [7, 11) is 1.52. The molecule has 0 bridgehead atoms. The lowest BCUT2D eigenvalue weighted by atomic mass is 9.85. The highest BCUT2D eigenvalue weighted by Gasteiger charge is 2.38.